The second-order valence-corrected chi connectivity index (χ2v) is 5.00. The van der Waals surface area contributed by atoms with Crippen LogP contribution in [0.25, 0.3) is 0 Å². The quantitative estimate of drug-likeness (QED) is 0.946. The van der Waals surface area contributed by atoms with Gasteiger partial charge in [0.25, 0.3) is 0 Å². The Balaban J connectivity index is 2.24. The van der Waals surface area contributed by atoms with E-state index in [2.05, 4.69) is 25.9 Å². The van der Waals surface area contributed by atoms with Crippen molar-refractivity contribution in [3.63, 3.8) is 0 Å². The van der Waals surface area contributed by atoms with Gasteiger partial charge in [0.2, 0.25) is 0 Å². The summed E-state index contributed by atoms with van der Waals surface area (Å²) in [5.74, 6) is 0. The summed E-state index contributed by atoms with van der Waals surface area (Å²) in [6.45, 7) is 0.456. The van der Waals surface area contributed by atoms with Crippen LogP contribution in [0.1, 0.15) is 5.69 Å². The van der Waals surface area contributed by atoms with Gasteiger partial charge in [-0.05, 0) is 40.2 Å². The maximum Gasteiger partial charge on any atom is 0.115 e. The summed E-state index contributed by atoms with van der Waals surface area (Å²) in [6.07, 6.45) is 3.54. The molecule has 0 aliphatic rings. The van der Waals surface area contributed by atoms with Crippen molar-refractivity contribution in [1.82, 2.24) is 9.97 Å². The van der Waals surface area contributed by atoms with Gasteiger partial charge < -0.3 is 5.73 Å². The molecule has 0 saturated carbocycles. The molecular weight excluding hydrogens is 286 g/mol. The second kappa shape index (κ2) is 5.43. The fraction of sp³-hybridized carbons (Fsp3) is 0.0909. The zero-order valence-corrected chi connectivity index (χ0v) is 10.8. The zero-order valence-electron chi connectivity index (χ0n) is 8.43. The number of halogens is 1. The van der Waals surface area contributed by atoms with E-state index in [1.165, 1.54) is 0 Å². The fourth-order valence-corrected chi connectivity index (χ4v) is 2.51. The smallest absolute Gasteiger partial charge is 0.115 e. The molecule has 0 spiro atoms. The van der Waals surface area contributed by atoms with E-state index in [4.69, 9.17) is 5.73 Å². The van der Waals surface area contributed by atoms with Crippen LogP contribution >= 0.6 is 27.7 Å². The Hall–Kier alpha value is -0.910. The highest BCUT2D eigenvalue weighted by Gasteiger charge is 2.03. The molecule has 82 valence electrons. The number of nitrogens with two attached hydrogens (primary N) is 1. The van der Waals surface area contributed by atoms with E-state index in [-0.39, 0.29) is 0 Å². The summed E-state index contributed by atoms with van der Waals surface area (Å²) in [7, 11) is 0. The number of nitrogens with zero attached hydrogens (tertiary/aromatic N) is 2. The molecule has 2 N–H and O–H groups in total. The molecule has 0 radical (unpaired) electrons. The van der Waals surface area contributed by atoms with Crippen LogP contribution in [0.5, 0.6) is 0 Å². The molecule has 0 aromatic carbocycles. The first-order valence-electron chi connectivity index (χ1n) is 4.73. The lowest BCUT2D eigenvalue weighted by Gasteiger charge is -2.03. The molecule has 0 unspecified atom stereocenters. The summed E-state index contributed by atoms with van der Waals surface area (Å²) >= 11 is 5.06. The van der Waals surface area contributed by atoms with Crippen LogP contribution < -0.4 is 5.73 Å². The van der Waals surface area contributed by atoms with Crippen molar-refractivity contribution in [3.8, 4) is 0 Å². The maximum absolute atomic E-state index is 5.55. The summed E-state index contributed by atoms with van der Waals surface area (Å²) < 4.78 is 0.992. The van der Waals surface area contributed by atoms with Crippen LogP contribution in [-0.2, 0) is 6.54 Å². The number of rotatable bonds is 3. The number of hydrogen-bond donors (Lipinski definition) is 1. The lowest BCUT2D eigenvalue weighted by molar-refractivity contribution is 0.975. The van der Waals surface area contributed by atoms with E-state index in [0.29, 0.717) is 6.54 Å². The van der Waals surface area contributed by atoms with Crippen LogP contribution in [0.4, 0.5) is 0 Å². The third kappa shape index (κ3) is 2.81. The van der Waals surface area contributed by atoms with Crippen LogP contribution in [0.3, 0.4) is 0 Å². The summed E-state index contributed by atoms with van der Waals surface area (Å²) in [5.41, 5.74) is 6.43. The SMILES string of the molecule is NCc1cc(Sc2ncccc2Br)ccn1. The molecule has 0 aliphatic heterocycles. The maximum atomic E-state index is 5.55. The molecule has 0 saturated heterocycles. The van der Waals surface area contributed by atoms with Gasteiger partial charge in [0.1, 0.15) is 5.03 Å². The summed E-state index contributed by atoms with van der Waals surface area (Å²) in [6, 6.07) is 7.79. The monoisotopic (exact) mass is 295 g/mol. The Morgan fingerprint density at radius 1 is 1.25 bits per heavy atom. The summed E-state index contributed by atoms with van der Waals surface area (Å²) in [4.78, 5) is 9.54. The molecule has 0 aliphatic carbocycles. The molecule has 2 rings (SSSR count). The molecule has 2 heterocycles. The van der Waals surface area contributed by atoms with Gasteiger partial charge in [-0.3, -0.25) is 4.98 Å². The Morgan fingerprint density at radius 3 is 2.88 bits per heavy atom. The van der Waals surface area contributed by atoms with Crippen molar-refractivity contribution in [2.24, 2.45) is 5.73 Å². The molecule has 0 amide bonds. The van der Waals surface area contributed by atoms with Crippen molar-refractivity contribution < 1.29 is 0 Å². The number of hydrogen-bond acceptors (Lipinski definition) is 4. The van der Waals surface area contributed by atoms with Gasteiger partial charge in [0, 0.05) is 23.8 Å². The first-order chi connectivity index (χ1) is 7.79. The van der Waals surface area contributed by atoms with Crippen molar-refractivity contribution in [2.75, 3.05) is 0 Å². The van der Waals surface area contributed by atoms with E-state index in [0.717, 1.165) is 20.1 Å². The van der Waals surface area contributed by atoms with Gasteiger partial charge in [-0.15, -0.1) is 0 Å². The average molecular weight is 296 g/mol. The highest BCUT2D eigenvalue weighted by molar-refractivity contribution is 9.10. The minimum Gasteiger partial charge on any atom is -0.325 e. The van der Waals surface area contributed by atoms with Gasteiger partial charge in [0.05, 0.1) is 10.2 Å². The van der Waals surface area contributed by atoms with Crippen LogP contribution in [0.2, 0.25) is 0 Å². The van der Waals surface area contributed by atoms with E-state index in [1.54, 1.807) is 24.2 Å². The van der Waals surface area contributed by atoms with Crippen molar-refractivity contribution >= 4 is 27.7 Å². The number of pyridine rings is 2. The van der Waals surface area contributed by atoms with Crippen LogP contribution in [0, 0.1) is 0 Å². The van der Waals surface area contributed by atoms with E-state index in [1.807, 2.05) is 24.3 Å². The predicted molar refractivity (Wildman–Crippen MR) is 68.2 cm³/mol. The minimum absolute atomic E-state index is 0.456. The molecule has 2 aromatic rings. The van der Waals surface area contributed by atoms with Gasteiger partial charge >= 0.3 is 0 Å². The standard InChI is InChI=1S/C11H10BrN3S/c12-10-2-1-4-15-11(10)16-9-3-5-14-8(6-9)7-13/h1-6H,7,13H2. The molecule has 5 heteroatoms. The minimum atomic E-state index is 0.456. The largest absolute Gasteiger partial charge is 0.325 e. The highest BCUT2D eigenvalue weighted by Crippen LogP contribution is 2.31. The van der Waals surface area contributed by atoms with Gasteiger partial charge in [0.15, 0.2) is 0 Å². The van der Waals surface area contributed by atoms with Crippen LogP contribution in [0.15, 0.2) is 51.1 Å². The number of aromatic nitrogens is 2. The first-order valence-corrected chi connectivity index (χ1v) is 6.34. The Morgan fingerprint density at radius 2 is 2.12 bits per heavy atom. The molecular formula is C11H10BrN3S. The summed E-state index contributed by atoms with van der Waals surface area (Å²) in [5, 5.41) is 0.941. The van der Waals surface area contributed by atoms with Gasteiger partial charge in [-0.25, -0.2) is 4.98 Å². The molecule has 16 heavy (non-hydrogen) atoms. The molecule has 0 bridgehead atoms. The van der Waals surface area contributed by atoms with Gasteiger partial charge in [-0.2, -0.15) is 0 Å². The lowest BCUT2D eigenvalue weighted by atomic mass is 10.3. The molecule has 2 aromatic heterocycles. The van der Waals surface area contributed by atoms with Crippen molar-refractivity contribution in [1.29, 1.82) is 0 Å². The van der Waals surface area contributed by atoms with Crippen molar-refractivity contribution in [2.45, 2.75) is 16.5 Å². The van der Waals surface area contributed by atoms with E-state index >= 15 is 0 Å². The molecule has 0 fully saturated rings. The van der Waals surface area contributed by atoms with Crippen LogP contribution in [-0.4, -0.2) is 9.97 Å². The third-order valence-electron chi connectivity index (χ3n) is 1.94. The first kappa shape index (κ1) is 11.6. The molecule has 3 nitrogen and oxygen atoms in total. The predicted octanol–water partition coefficient (Wildman–Crippen LogP) is 2.85. The Bertz CT molecular complexity index is 490. The highest BCUT2D eigenvalue weighted by atomic mass is 79.9. The topological polar surface area (TPSA) is 51.8 Å². The van der Waals surface area contributed by atoms with Gasteiger partial charge in [-0.1, -0.05) is 11.8 Å². The average Bonchev–Trinajstić information content (AvgIpc) is 2.32. The third-order valence-corrected chi connectivity index (χ3v) is 3.85. The second-order valence-electron chi connectivity index (χ2n) is 3.08. The normalized spacial score (nSPS) is 10.4. The van der Waals surface area contributed by atoms with E-state index in [9.17, 15) is 0 Å². The van der Waals surface area contributed by atoms with E-state index < -0.39 is 0 Å². The lowest BCUT2D eigenvalue weighted by Crippen LogP contribution is -1.98. The fourth-order valence-electron chi connectivity index (χ4n) is 1.19. The van der Waals surface area contributed by atoms with Crippen molar-refractivity contribution in [3.05, 3.63) is 46.8 Å². The Kier molecular flexibility index (Phi) is 3.93. The Labute approximate surface area is 107 Å². The molecule has 0 atom stereocenters. The zero-order chi connectivity index (χ0) is 11.4.